The SMILES string of the molecule is COc1ccccc1-c1cccc(NC(=O)CCC2CCNCC2)c1.Cl. The summed E-state index contributed by atoms with van der Waals surface area (Å²) in [6.45, 7) is 2.15. The van der Waals surface area contributed by atoms with E-state index >= 15 is 0 Å². The van der Waals surface area contributed by atoms with Crippen LogP contribution < -0.4 is 15.4 Å². The molecule has 1 heterocycles. The predicted molar refractivity (Wildman–Crippen MR) is 109 cm³/mol. The third-order valence-corrected chi connectivity index (χ3v) is 4.80. The maximum absolute atomic E-state index is 12.3. The van der Waals surface area contributed by atoms with E-state index < -0.39 is 0 Å². The van der Waals surface area contributed by atoms with Crippen LogP contribution in [0.2, 0.25) is 0 Å². The van der Waals surface area contributed by atoms with Crippen molar-refractivity contribution in [2.24, 2.45) is 5.92 Å². The summed E-state index contributed by atoms with van der Waals surface area (Å²) in [7, 11) is 1.67. The number of halogens is 1. The number of ether oxygens (including phenoxy) is 1. The Labute approximate surface area is 161 Å². The molecule has 0 spiro atoms. The van der Waals surface area contributed by atoms with Crippen molar-refractivity contribution in [3.63, 3.8) is 0 Å². The van der Waals surface area contributed by atoms with Crippen molar-refractivity contribution in [1.82, 2.24) is 5.32 Å². The van der Waals surface area contributed by atoms with E-state index in [1.165, 1.54) is 12.8 Å². The average Bonchev–Trinajstić information content (AvgIpc) is 2.67. The van der Waals surface area contributed by atoms with Gasteiger partial charge < -0.3 is 15.4 Å². The first-order valence-electron chi connectivity index (χ1n) is 9.00. The normalized spacial score (nSPS) is 14.3. The number of hydrogen-bond acceptors (Lipinski definition) is 3. The quantitative estimate of drug-likeness (QED) is 0.782. The molecule has 0 aliphatic carbocycles. The highest BCUT2D eigenvalue weighted by Gasteiger charge is 2.14. The highest BCUT2D eigenvalue weighted by Crippen LogP contribution is 2.31. The van der Waals surface area contributed by atoms with Gasteiger partial charge in [0.2, 0.25) is 5.91 Å². The Balaban J connectivity index is 0.00000243. The number of hydrogen-bond donors (Lipinski definition) is 2. The van der Waals surface area contributed by atoms with Crippen LogP contribution in [0.15, 0.2) is 48.5 Å². The standard InChI is InChI=1S/C21H26N2O2.ClH/c1-25-20-8-3-2-7-19(20)17-5-4-6-18(15-17)23-21(24)10-9-16-11-13-22-14-12-16;/h2-8,15-16,22H,9-14H2,1H3,(H,23,24);1H. The van der Waals surface area contributed by atoms with Crippen LogP contribution in [0.5, 0.6) is 5.75 Å². The van der Waals surface area contributed by atoms with Gasteiger partial charge in [-0.3, -0.25) is 4.79 Å². The largest absolute Gasteiger partial charge is 0.496 e. The number of piperidine rings is 1. The van der Waals surface area contributed by atoms with Crippen LogP contribution in [-0.2, 0) is 4.79 Å². The lowest BCUT2D eigenvalue weighted by Gasteiger charge is -2.22. The van der Waals surface area contributed by atoms with E-state index in [0.717, 1.165) is 42.1 Å². The van der Waals surface area contributed by atoms with Crippen LogP contribution >= 0.6 is 12.4 Å². The van der Waals surface area contributed by atoms with Gasteiger partial charge in [-0.05, 0) is 62.0 Å². The maximum Gasteiger partial charge on any atom is 0.224 e. The van der Waals surface area contributed by atoms with Gasteiger partial charge in [0, 0.05) is 17.7 Å². The Kier molecular flexibility index (Phi) is 7.95. The fourth-order valence-electron chi connectivity index (χ4n) is 3.38. The Hall–Kier alpha value is -2.04. The second-order valence-corrected chi connectivity index (χ2v) is 6.56. The molecule has 1 fully saturated rings. The molecule has 0 radical (unpaired) electrons. The van der Waals surface area contributed by atoms with Crippen LogP contribution in [0, 0.1) is 5.92 Å². The van der Waals surface area contributed by atoms with E-state index in [1.54, 1.807) is 7.11 Å². The molecule has 1 aliphatic heterocycles. The number of carbonyl (C=O) groups is 1. The average molecular weight is 375 g/mol. The molecule has 26 heavy (non-hydrogen) atoms. The monoisotopic (exact) mass is 374 g/mol. The summed E-state index contributed by atoms with van der Waals surface area (Å²) in [5, 5.41) is 6.40. The van der Waals surface area contributed by atoms with Crippen molar-refractivity contribution in [2.45, 2.75) is 25.7 Å². The second kappa shape index (κ2) is 10.2. The number of anilines is 1. The van der Waals surface area contributed by atoms with Gasteiger partial charge in [-0.25, -0.2) is 0 Å². The molecule has 0 aromatic heterocycles. The van der Waals surface area contributed by atoms with E-state index in [1.807, 2.05) is 48.5 Å². The number of methoxy groups -OCH3 is 1. The van der Waals surface area contributed by atoms with E-state index in [0.29, 0.717) is 12.3 Å². The molecule has 1 saturated heterocycles. The number of nitrogens with one attached hydrogen (secondary N) is 2. The van der Waals surface area contributed by atoms with E-state index in [2.05, 4.69) is 10.6 Å². The highest BCUT2D eigenvalue weighted by atomic mass is 35.5. The lowest BCUT2D eigenvalue weighted by atomic mass is 9.93. The van der Waals surface area contributed by atoms with Gasteiger partial charge in [0.15, 0.2) is 0 Å². The topological polar surface area (TPSA) is 50.4 Å². The van der Waals surface area contributed by atoms with Gasteiger partial charge in [-0.15, -0.1) is 12.4 Å². The zero-order valence-electron chi connectivity index (χ0n) is 15.2. The number of benzene rings is 2. The van der Waals surface area contributed by atoms with Gasteiger partial charge in [0.05, 0.1) is 7.11 Å². The van der Waals surface area contributed by atoms with Crippen molar-refractivity contribution >= 4 is 24.0 Å². The Morgan fingerprint density at radius 2 is 1.92 bits per heavy atom. The highest BCUT2D eigenvalue weighted by molar-refractivity contribution is 5.91. The molecule has 1 amide bonds. The predicted octanol–water partition coefficient (Wildman–Crippen LogP) is 4.50. The van der Waals surface area contributed by atoms with Crippen molar-refractivity contribution in [3.05, 3.63) is 48.5 Å². The summed E-state index contributed by atoms with van der Waals surface area (Å²) in [4.78, 5) is 12.3. The summed E-state index contributed by atoms with van der Waals surface area (Å²) in [6.07, 6.45) is 3.91. The molecule has 0 bridgehead atoms. The van der Waals surface area contributed by atoms with Gasteiger partial charge in [-0.2, -0.15) is 0 Å². The van der Waals surface area contributed by atoms with E-state index in [4.69, 9.17) is 4.74 Å². The first kappa shape index (κ1) is 20.3. The van der Waals surface area contributed by atoms with Crippen molar-refractivity contribution < 1.29 is 9.53 Å². The Morgan fingerprint density at radius 1 is 1.15 bits per heavy atom. The summed E-state index contributed by atoms with van der Waals surface area (Å²) < 4.78 is 5.43. The molecule has 2 aromatic rings. The molecule has 3 rings (SSSR count). The van der Waals surface area contributed by atoms with E-state index in [9.17, 15) is 4.79 Å². The fraction of sp³-hybridized carbons (Fsp3) is 0.381. The molecule has 140 valence electrons. The summed E-state index contributed by atoms with van der Waals surface area (Å²) >= 11 is 0. The number of carbonyl (C=O) groups excluding carboxylic acids is 1. The Morgan fingerprint density at radius 3 is 2.69 bits per heavy atom. The summed E-state index contributed by atoms with van der Waals surface area (Å²) in [5.41, 5.74) is 2.89. The lowest BCUT2D eigenvalue weighted by Crippen LogP contribution is -2.28. The minimum absolute atomic E-state index is 0. The third kappa shape index (κ3) is 5.48. The molecule has 0 atom stereocenters. The van der Waals surface area contributed by atoms with Gasteiger partial charge in [0.25, 0.3) is 0 Å². The molecular formula is C21H27ClN2O2. The maximum atomic E-state index is 12.3. The number of amides is 1. The van der Waals surface area contributed by atoms with Crippen LogP contribution in [0.3, 0.4) is 0 Å². The zero-order chi connectivity index (χ0) is 17.5. The molecule has 0 saturated carbocycles. The van der Waals surface area contributed by atoms with Gasteiger partial charge >= 0.3 is 0 Å². The van der Waals surface area contributed by atoms with Crippen molar-refractivity contribution in [1.29, 1.82) is 0 Å². The van der Waals surface area contributed by atoms with Crippen LogP contribution in [0.1, 0.15) is 25.7 Å². The van der Waals surface area contributed by atoms with Crippen molar-refractivity contribution in [2.75, 3.05) is 25.5 Å². The van der Waals surface area contributed by atoms with Gasteiger partial charge in [-0.1, -0.05) is 30.3 Å². The number of rotatable bonds is 6. The van der Waals surface area contributed by atoms with E-state index in [-0.39, 0.29) is 18.3 Å². The smallest absolute Gasteiger partial charge is 0.224 e. The molecule has 2 N–H and O–H groups in total. The first-order chi connectivity index (χ1) is 12.3. The van der Waals surface area contributed by atoms with Crippen LogP contribution in [0.25, 0.3) is 11.1 Å². The summed E-state index contributed by atoms with van der Waals surface area (Å²) in [6, 6.07) is 15.8. The molecule has 4 nitrogen and oxygen atoms in total. The minimum Gasteiger partial charge on any atom is -0.496 e. The Bertz CT molecular complexity index is 715. The zero-order valence-corrected chi connectivity index (χ0v) is 16.0. The molecule has 2 aromatic carbocycles. The van der Waals surface area contributed by atoms with Crippen LogP contribution in [0.4, 0.5) is 5.69 Å². The molecular weight excluding hydrogens is 348 g/mol. The van der Waals surface area contributed by atoms with Gasteiger partial charge in [0.1, 0.15) is 5.75 Å². The fourth-order valence-corrected chi connectivity index (χ4v) is 3.38. The first-order valence-corrected chi connectivity index (χ1v) is 9.00. The minimum atomic E-state index is 0. The van der Waals surface area contributed by atoms with Crippen molar-refractivity contribution in [3.8, 4) is 16.9 Å². The second-order valence-electron chi connectivity index (χ2n) is 6.56. The molecule has 0 unspecified atom stereocenters. The lowest BCUT2D eigenvalue weighted by molar-refractivity contribution is -0.116. The number of para-hydroxylation sites is 1. The molecule has 1 aliphatic rings. The van der Waals surface area contributed by atoms with Crippen LogP contribution in [-0.4, -0.2) is 26.1 Å². The molecule has 5 heteroatoms. The summed E-state index contributed by atoms with van der Waals surface area (Å²) in [5.74, 6) is 1.60. The third-order valence-electron chi connectivity index (χ3n) is 4.80.